The molecule has 0 bridgehead atoms. The molecule has 1 rings (SSSR count). The normalized spacial score (nSPS) is 16.1. The van der Waals surface area contributed by atoms with Crippen molar-refractivity contribution in [3.63, 3.8) is 0 Å². The molecule has 4 atom stereocenters. The third kappa shape index (κ3) is 8.96. The van der Waals surface area contributed by atoms with Crippen LogP contribution in [0.15, 0.2) is 24.3 Å². The maximum Gasteiger partial charge on any atom is 1.00 e. The molecule has 132 valence electrons. The minimum atomic E-state index is -4.61. The first-order chi connectivity index (χ1) is 10.6. The van der Waals surface area contributed by atoms with E-state index in [4.69, 9.17) is 0 Å². The van der Waals surface area contributed by atoms with Gasteiger partial charge in [-0.3, -0.25) is 4.18 Å². The van der Waals surface area contributed by atoms with Gasteiger partial charge in [-0.25, -0.2) is 8.42 Å². The van der Waals surface area contributed by atoms with Crippen LogP contribution in [-0.4, -0.2) is 43.7 Å². The Balaban J connectivity index is 0.00000529. The van der Waals surface area contributed by atoms with Crippen molar-refractivity contribution in [1.82, 2.24) is 4.90 Å². The molecule has 0 aromatic heterocycles. The van der Waals surface area contributed by atoms with Gasteiger partial charge in [-0.15, -0.1) is 0 Å². The average Bonchev–Trinajstić information content (AvgIpc) is 2.43. The number of nitrogens with zero attached hydrogens (tertiary/aromatic N) is 1. The van der Waals surface area contributed by atoms with Gasteiger partial charge in [0, 0.05) is 6.04 Å². The Morgan fingerprint density at radius 1 is 1.17 bits per heavy atom. The fraction of sp³-hybridized carbons (Fsp3) is 0.625. The Hall–Kier alpha value is 0.0774. The van der Waals surface area contributed by atoms with Gasteiger partial charge in [-0.2, -0.15) is 0 Å². The van der Waals surface area contributed by atoms with E-state index in [2.05, 4.69) is 61.3 Å². The van der Waals surface area contributed by atoms with E-state index >= 15 is 0 Å². The van der Waals surface area contributed by atoms with Crippen LogP contribution in [0.3, 0.4) is 0 Å². The fourth-order valence-electron chi connectivity index (χ4n) is 2.34. The average molecular weight is 367 g/mol. The molecule has 0 aliphatic rings. The summed E-state index contributed by atoms with van der Waals surface area (Å²) in [5.74, 6) is 0. The smallest absolute Gasteiger partial charge is 0.726 e. The van der Waals surface area contributed by atoms with Crippen molar-refractivity contribution < 1.29 is 36.0 Å². The van der Waals surface area contributed by atoms with Gasteiger partial charge in [0.2, 0.25) is 10.4 Å². The molecule has 24 heavy (non-hydrogen) atoms. The van der Waals surface area contributed by atoms with Crippen LogP contribution in [0.4, 0.5) is 0 Å². The van der Waals surface area contributed by atoms with E-state index < -0.39 is 16.5 Å². The minimum absolute atomic E-state index is 0. The zero-order valence-corrected chi connectivity index (χ0v) is 17.3. The quantitative estimate of drug-likeness (QED) is 0.258. The molecule has 8 heteroatoms. The van der Waals surface area contributed by atoms with Gasteiger partial charge in [0.1, 0.15) is 0 Å². The SMILES string of the molecule is C[C@H](CC[C@H](C)OS(=O)(=O)[O-])Pc1ccccc1[C@@H](C)N(C)C.[Li+]. The second-order valence-corrected chi connectivity index (χ2v) is 8.99. The summed E-state index contributed by atoms with van der Waals surface area (Å²) in [5, 5.41) is 1.34. The van der Waals surface area contributed by atoms with E-state index in [9.17, 15) is 13.0 Å². The first-order valence-corrected chi connectivity index (χ1v) is 10.2. The van der Waals surface area contributed by atoms with Gasteiger partial charge in [0.25, 0.3) is 0 Å². The molecule has 0 heterocycles. The molecule has 1 aromatic carbocycles. The summed E-state index contributed by atoms with van der Waals surface area (Å²) in [6.07, 6.45) is 0.807. The molecule has 1 aromatic rings. The van der Waals surface area contributed by atoms with Crippen molar-refractivity contribution in [2.75, 3.05) is 14.1 Å². The fourth-order valence-corrected chi connectivity index (χ4v) is 4.33. The van der Waals surface area contributed by atoms with Crippen LogP contribution in [0.25, 0.3) is 0 Å². The van der Waals surface area contributed by atoms with Crippen LogP contribution in [-0.2, 0) is 14.6 Å². The first-order valence-electron chi connectivity index (χ1n) is 7.76. The third-order valence-electron chi connectivity index (χ3n) is 3.88. The van der Waals surface area contributed by atoms with Crippen LogP contribution >= 0.6 is 8.58 Å². The van der Waals surface area contributed by atoms with Crippen molar-refractivity contribution in [3.8, 4) is 0 Å². The molecule has 0 aliphatic carbocycles. The predicted octanol–water partition coefficient (Wildman–Crippen LogP) is -0.349. The van der Waals surface area contributed by atoms with Crippen LogP contribution in [0.1, 0.15) is 45.2 Å². The van der Waals surface area contributed by atoms with Crippen molar-refractivity contribution in [1.29, 1.82) is 0 Å². The molecule has 5 nitrogen and oxygen atoms in total. The van der Waals surface area contributed by atoms with Crippen molar-refractivity contribution in [2.45, 2.75) is 51.4 Å². The summed E-state index contributed by atoms with van der Waals surface area (Å²) in [6, 6.07) is 8.78. The Kier molecular flexibility index (Phi) is 11.0. The summed E-state index contributed by atoms with van der Waals surface area (Å²) >= 11 is 0. The summed E-state index contributed by atoms with van der Waals surface area (Å²) < 4.78 is 36.2. The van der Waals surface area contributed by atoms with Gasteiger partial charge < -0.3 is 9.45 Å². The zero-order chi connectivity index (χ0) is 17.6. The molecule has 1 unspecified atom stereocenters. The summed E-state index contributed by atoms with van der Waals surface area (Å²) in [7, 11) is 0.161. The molecular formula is C16H27LiNO4PS. The number of hydrogen-bond donors (Lipinski definition) is 0. The summed E-state index contributed by atoms with van der Waals surface area (Å²) in [6.45, 7) is 5.95. The van der Waals surface area contributed by atoms with E-state index in [0.717, 1.165) is 6.42 Å². The molecular weight excluding hydrogens is 340 g/mol. The van der Waals surface area contributed by atoms with E-state index in [-0.39, 0.29) is 18.9 Å². The van der Waals surface area contributed by atoms with Gasteiger partial charge >= 0.3 is 18.9 Å². The standard InChI is InChI=1S/C16H28NO4PS.Li/c1-12(21-23(18,19)20)10-11-13(2)22-16-9-7-6-8-15(16)14(3)17(4)5;/h6-9,12-14,22H,10-11H2,1-5H3,(H,18,19,20);/q;+1/p-1/t12-,13+,14+;/m0./s1. The Bertz CT molecular complexity index is 597. The molecule has 0 saturated carbocycles. The van der Waals surface area contributed by atoms with E-state index in [1.165, 1.54) is 10.9 Å². The molecule has 0 saturated heterocycles. The monoisotopic (exact) mass is 367 g/mol. The van der Waals surface area contributed by atoms with Crippen LogP contribution < -0.4 is 24.2 Å². The van der Waals surface area contributed by atoms with E-state index in [1.807, 2.05) is 0 Å². The molecule has 0 fully saturated rings. The van der Waals surface area contributed by atoms with Gasteiger partial charge in [0.05, 0.1) is 6.10 Å². The molecule has 0 amide bonds. The van der Waals surface area contributed by atoms with E-state index in [1.54, 1.807) is 6.92 Å². The first kappa shape index (κ1) is 24.1. The number of rotatable bonds is 9. The third-order valence-corrected chi connectivity index (χ3v) is 5.99. The van der Waals surface area contributed by atoms with Gasteiger partial charge in [-0.05, 0) is 57.3 Å². The molecule has 0 aliphatic heterocycles. The zero-order valence-electron chi connectivity index (χ0n) is 15.4. The van der Waals surface area contributed by atoms with Crippen LogP contribution in [0.5, 0.6) is 0 Å². The number of benzene rings is 1. The summed E-state index contributed by atoms with van der Waals surface area (Å²) in [4.78, 5) is 2.18. The van der Waals surface area contributed by atoms with Crippen molar-refractivity contribution in [2.24, 2.45) is 0 Å². The van der Waals surface area contributed by atoms with Crippen molar-refractivity contribution in [3.05, 3.63) is 29.8 Å². The Morgan fingerprint density at radius 2 is 1.75 bits per heavy atom. The Morgan fingerprint density at radius 3 is 2.29 bits per heavy atom. The molecule has 0 radical (unpaired) electrons. The van der Waals surface area contributed by atoms with E-state index in [0.29, 0.717) is 26.7 Å². The van der Waals surface area contributed by atoms with Crippen LogP contribution in [0, 0.1) is 0 Å². The van der Waals surface area contributed by atoms with Gasteiger partial charge in [0.15, 0.2) is 0 Å². The minimum Gasteiger partial charge on any atom is -0.726 e. The maximum absolute atomic E-state index is 10.6. The molecule has 0 N–H and O–H groups in total. The largest absolute Gasteiger partial charge is 1.00 e. The maximum atomic E-state index is 10.6. The predicted molar refractivity (Wildman–Crippen MR) is 95.4 cm³/mol. The Labute approximate surface area is 160 Å². The second kappa shape index (κ2) is 10.9. The van der Waals surface area contributed by atoms with Crippen molar-refractivity contribution >= 4 is 24.3 Å². The molecule has 0 spiro atoms. The summed E-state index contributed by atoms with van der Waals surface area (Å²) in [5.41, 5.74) is 1.74. The second-order valence-electron chi connectivity index (χ2n) is 6.16. The van der Waals surface area contributed by atoms with Crippen LogP contribution in [0.2, 0.25) is 0 Å². The van der Waals surface area contributed by atoms with Gasteiger partial charge in [-0.1, -0.05) is 39.8 Å². The topological polar surface area (TPSA) is 69.7 Å². The number of hydrogen-bond acceptors (Lipinski definition) is 5.